The fraction of sp³-hybridized carbons (Fsp3) is 0.500. The molecule has 1 aromatic carbocycles. The summed E-state index contributed by atoms with van der Waals surface area (Å²) in [6.45, 7) is 6.95. The molecule has 1 unspecified atom stereocenters. The van der Waals surface area contributed by atoms with Gasteiger partial charge in [0.25, 0.3) is 5.91 Å². The van der Waals surface area contributed by atoms with Gasteiger partial charge in [-0.3, -0.25) is 4.79 Å². The topological polar surface area (TPSA) is 38.3 Å². The lowest BCUT2D eigenvalue weighted by atomic mass is 10.0. The van der Waals surface area contributed by atoms with Gasteiger partial charge in [0.1, 0.15) is 5.75 Å². The molecule has 1 aromatic rings. The molecular weight excluding hydrogens is 214 g/mol. The molecular formula is C14H19NO2. The summed E-state index contributed by atoms with van der Waals surface area (Å²) in [7, 11) is 0. The highest BCUT2D eigenvalue weighted by Crippen LogP contribution is 2.25. The zero-order valence-corrected chi connectivity index (χ0v) is 10.6. The first-order valence-corrected chi connectivity index (χ1v) is 6.14. The van der Waals surface area contributed by atoms with Crippen LogP contribution >= 0.6 is 0 Å². The largest absolute Gasteiger partial charge is 0.493 e. The summed E-state index contributed by atoms with van der Waals surface area (Å²) in [6.07, 6.45) is 0.899. The third kappa shape index (κ3) is 2.60. The van der Waals surface area contributed by atoms with Gasteiger partial charge >= 0.3 is 0 Å². The molecule has 17 heavy (non-hydrogen) atoms. The second-order valence-electron chi connectivity index (χ2n) is 4.93. The number of nitrogens with one attached hydrogen (secondary N) is 1. The monoisotopic (exact) mass is 233 g/mol. The van der Waals surface area contributed by atoms with Crippen molar-refractivity contribution >= 4 is 5.91 Å². The Morgan fingerprint density at radius 1 is 1.35 bits per heavy atom. The Morgan fingerprint density at radius 2 is 2.12 bits per heavy atom. The van der Waals surface area contributed by atoms with E-state index >= 15 is 0 Å². The van der Waals surface area contributed by atoms with E-state index in [1.807, 2.05) is 25.1 Å². The first-order chi connectivity index (χ1) is 8.08. The normalized spacial score (nSPS) is 15.3. The molecule has 1 aliphatic rings. The van der Waals surface area contributed by atoms with E-state index in [0.717, 1.165) is 29.9 Å². The summed E-state index contributed by atoms with van der Waals surface area (Å²) in [6, 6.07) is 5.83. The fourth-order valence-corrected chi connectivity index (χ4v) is 1.78. The van der Waals surface area contributed by atoms with Crippen molar-refractivity contribution in [3.05, 3.63) is 29.3 Å². The van der Waals surface area contributed by atoms with Gasteiger partial charge in [0.2, 0.25) is 0 Å². The van der Waals surface area contributed by atoms with E-state index in [1.54, 1.807) is 0 Å². The standard InChI is InChI=1S/C14H19NO2/c1-9(2)10(3)15-14(16)12-4-5-13-11(8-12)6-7-17-13/h4-5,8-10H,6-7H2,1-3H3,(H,15,16). The lowest BCUT2D eigenvalue weighted by Crippen LogP contribution is -2.36. The molecule has 0 saturated carbocycles. The van der Waals surface area contributed by atoms with Gasteiger partial charge < -0.3 is 10.1 Å². The highest BCUT2D eigenvalue weighted by atomic mass is 16.5. The van der Waals surface area contributed by atoms with Crippen molar-refractivity contribution in [2.75, 3.05) is 6.61 Å². The number of carbonyl (C=O) groups excluding carboxylic acids is 1. The minimum absolute atomic E-state index is 0.000833. The maximum atomic E-state index is 12.0. The SMILES string of the molecule is CC(C)C(C)NC(=O)c1ccc2c(c1)CCO2. The number of carbonyl (C=O) groups is 1. The van der Waals surface area contributed by atoms with Crippen LogP contribution in [0.4, 0.5) is 0 Å². The van der Waals surface area contributed by atoms with Crippen LogP contribution in [0.1, 0.15) is 36.7 Å². The highest BCUT2D eigenvalue weighted by Gasteiger charge is 2.16. The van der Waals surface area contributed by atoms with E-state index in [2.05, 4.69) is 19.2 Å². The van der Waals surface area contributed by atoms with Gasteiger partial charge in [-0.2, -0.15) is 0 Å². The molecule has 0 aliphatic carbocycles. The second kappa shape index (κ2) is 4.78. The average Bonchev–Trinajstić information content (AvgIpc) is 2.75. The van der Waals surface area contributed by atoms with E-state index in [4.69, 9.17) is 4.74 Å². The van der Waals surface area contributed by atoms with Crippen molar-refractivity contribution in [2.24, 2.45) is 5.92 Å². The molecule has 1 aliphatic heterocycles. The summed E-state index contributed by atoms with van der Waals surface area (Å²) in [5, 5.41) is 3.01. The maximum Gasteiger partial charge on any atom is 0.251 e. The Morgan fingerprint density at radius 3 is 2.82 bits per heavy atom. The number of fused-ring (bicyclic) bond motifs is 1. The molecule has 1 amide bonds. The van der Waals surface area contributed by atoms with E-state index in [-0.39, 0.29) is 11.9 Å². The van der Waals surface area contributed by atoms with Gasteiger partial charge in [0.15, 0.2) is 0 Å². The Balaban J connectivity index is 2.10. The van der Waals surface area contributed by atoms with Crippen LogP contribution in [-0.2, 0) is 6.42 Å². The predicted octanol–water partition coefficient (Wildman–Crippen LogP) is 2.40. The van der Waals surface area contributed by atoms with Crippen molar-refractivity contribution in [1.82, 2.24) is 5.32 Å². The third-order valence-corrected chi connectivity index (χ3v) is 3.31. The number of hydrogen-bond donors (Lipinski definition) is 1. The van der Waals surface area contributed by atoms with Gasteiger partial charge in [0.05, 0.1) is 6.61 Å². The van der Waals surface area contributed by atoms with E-state index in [9.17, 15) is 4.79 Å². The fourth-order valence-electron chi connectivity index (χ4n) is 1.78. The molecule has 1 N–H and O–H groups in total. The third-order valence-electron chi connectivity index (χ3n) is 3.31. The molecule has 3 heteroatoms. The lowest BCUT2D eigenvalue weighted by molar-refractivity contribution is 0.0930. The van der Waals surface area contributed by atoms with Crippen LogP contribution in [0.5, 0.6) is 5.75 Å². The van der Waals surface area contributed by atoms with Gasteiger partial charge in [-0.15, -0.1) is 0 Å². The molecule has 92 valence electrons. The van der Waals surface area contributed by atoms with Crippen LogP contribution in [0.25, 0.3) is 0 Å². The Hall–Kier alpha value is -1.51. The number of ether oxygens (including phenoxy) is 1. The van der Waals surface area contributed by atoms with Crippen LogP contribution in [0.3, 0.4) is 0 Å². The zero-order chi connectivity index (χ0) is 12.4. The summed E-state index contributed by atoms with van der Waals surface area (Å²) < 4.78 is 5.42. The number of benzene rings is 1. The molecule has 1 atom stereocenters. The van der Waals surface area contributed by atoms with Crippen molar-refractivity contribution in [1.29, 1.82) is 0 Å². The first kappa shape index (κ1) is 12.0. The molecule has 0 fully saturated rings. The predicted molar refractivity (Wildman–Crippen MR) is 67.4 cm³/mol. The maximum absolute atomic E-state index is 12.0. The molecule has 2 rings (SSSR count). The smallest absolute Gasteiger partial charge is 0.251 e. The van der Waals surface area contributed by atoms with E-state index < -0.39 is 0 Å². The first-order valence-electron chi connectivity index (χ1n) is 6.14. The van der Waals surface area contributed by atoms with Crippen LogP contribution in [0.2, 0.25) is 0 Å². The molecule has 0 spiro atoms. The van der Waals surface area contributed by atoms with Crippen molar-refractivity contribution in [2.45, 2.75) is 33.2 Å². The van der Waals surface area contributed by atoms with Crippen LogP contribution in [-0.4, -0.2) is 18.6 Å². The van der Waals surface area contributed by atoms with Crippen LogP contribution < -0.4 is 10.1 Å². The van der Waals surface area contributed by atoms with E-state index in [0.29, 0.717) is 5.92 Å². The number of amides is 1. The number of hydrogen-bond acceptors (Lipinski definition) is 2. The minimum Gasteiger partial charge on any atom is -0.493 e. The molecule has 0 aromatic heterocycles. The Labute approximate surface area is 102 Å². The summed E-state index contributed by atoms with van der Waals surface area (Å²) in [4.78, 5) is 12.0. The zero-order valence-electron chi connectivity index (χ0n) is 10.6. The number of rotatable bonds is 3. The summed E-state index contributed by atoms with van der Waals surface area (Å²) >= 11 is 0. The molecule has 0 bridgehead atoms. The Kier molecular flexibility index (Phi) is 3.36. The highest BCUT2D eigenvalue weighted by molar-refractivity contribution is 5.94. The summed E-state index contributed by atoms with van der Waals surface area (Å²) in [5.74, 6) is 1.36. The van der Waals surface area contributed by atoms with Crippen LogP contribution in [0, 0.1) is 5.92 Å². The summed E-state index contributed by atoms with van der Waals surface area (Å²) in [5.41, 5.74) is 1.86. The average molecular weight is 233 g/mol. The lowest BCUT2D eigenvalue weighted by Gasteiger charge is -2.17. The van der Waals surface area contributed by atoms with Crippen molar-refractivity contribution in [3.8, 4) is 5.75 Å². The molecule has 0 saturated heterocycles. The minimum atomic E-state index is 0.000833. The van der Waals surface area contributed by atoms with E-state index in [1.165, 1.54) is 0 Å². The van der Waals surface area contributed by atoms with Gasteiger partial charge in [-0.05, 0) is 36.6 Å². The van der Waals surface area contributed by atoms with Gasteiger partial charge in [-0.25, -0.2) is 0 Å². The van der Waals surface area contributed by atoms with Gasteiger partial charge in [0, 0.05) is 18.0 Å². The molecule has 3 nitrogen and oxygen atoms in total. The van der Waals surface area contributed by atoms with Crippen molar-refractivity contribution < 1.29 is 9.53 Å². The molecule has 0 radical (unpaired) electrons. The van der Waals surface area contributed by atoms with Gasteiger partial charge in [-0.1, -0.05) is 13.8 Å². The molecule has 1 heterocycles. The van der Waals surface area contributed by atoms with Crippen LogP contribution in [0.15, 0.2) is 18.2 Å². The quantitative estimate of drug-likeness (QED) is 0.870. The van der Waals surface area contributed by atoms with Crippen molar-refractivity contribution in [3.63, 3.8) is 0 Å². The second-order valence-corrected chi connectivity index (χ2v) is 4.93. The Bertz CT molecular complexity index is 426.